The van der Waals surface area contributed by atoms with Crippen molar-refractivity contribution in [3.63, 3.8) is 0 Å². The van der Waals surface area contributed by atoms with Crippen LogP contribution in [0.3, 0.4) is 0 Å². The van der Waals surface area contributed by atoms with E-state index in [1.165, 1.54) is 25.7 Å². The SMILES string of the molecule is COC[C@H](NC(=O)N1CC[C@@H](Oc2cccnc2N2CCCC2)C1)C1CC1. The summed E-state index contributed by atoms with van der Waals surface area (Å²) in [6, 6.07) is 4.04. The molecule has 3 aliphatic rings. The number of nitrogens with one attached hydrogen (secondary N) is 1. The number of ether oxygens (including phenoxy) is 2. The van der Waals surface area contributed by atoms with Crippen molar-refractivity contribution in [1.29, 1.82) is 0 Å². The highest BCUT2D eigenvalue weighted by atomic mass is 16.5. The minimum atomic E-state index is 0.000929. The van der Waals surface area contributed by atoms with Crippen LogP contribution in [-0.2, 0) is 4.74 Å². The van der Waals surface area contributed by atoms with E-state index >= 15 is 0 Å². The van der Waals surface area contributed by atoms with E-state index in [1.807, 2.05) is 23.2 Å². The van der Waals surface area contributed by atoms with Gasteiger partial charge in [0.25, 0.3) is 0 Å². The fourth-order valence-corrected chi connectivity index (χ4v) is 4.05. The summed E-state index contributed by atoms with van der Waals surface area (Å²) in [4.78, 5) is 21.3. The molecule has 1 aliphatic carbocycles. The molecular weight excluding hydrogens is 344 g/mol. The number of anilines is 1. The van der Waals surface area contributed by atoms with Gasteiger partial charge >= 0.3 is 6.03 Å². The molecule has 0 bridgehead atoms. The third-order valence-corrected chi connectivity index (χ3v) is 5.73. The number of likely N-dealkylation sites (tertiary alicyclic amines) is 1. The number of amides is 2. The van der Waals surface area contributed by atoms with Gasteiger partial charge in [0.05, 0.1) is 19.2 Å². The predicted molar refractivity (Wildman–Crippen MR) is 103 cm³/mol. The molecule has 7 heteroatoms. The zero-order chi connectivity index (χ0) is 18.6. The zero-order valence-electron chi connectivity index (χ0n) is 16.1. The summed E-state index contributed by atoms with van der Waals surface area (Å²) in [5.74, 6) is 2.34. The van der Waals surface area contributed by atoms with Gasteiger partial charge in [0.1, 0.15) is 6.10 Å². The topological polar surface area (TPSA) is 66.9 Å². The zero-order valence-corrected chi connectivity index (χ0v) is 16.1. The lowest BCUT2D eigenvalue weighted by Crippen LogP contribution is -2.47. The van der Waals surface area contributed by atoms with Gasteiger partial charge in [-0.25, -0.2) is 9.78 Å². The molecule has 1 saturated carbocycles. The van der Waals surface area contributed by atoms with Gasteiger partial charge in [-0.2, -0.15) is 0 Å². The smallest absolute Gasteiger partial charge is 0.317 e. The number of carbonyl (C=O) groups is 1. The fraction of sp³-hybridized carbons (Fsp3) is 0.700. The monoisotopic (exact) mass is 374 g/mol. The van der Waals surface area contributed by atoms with Gasteiger partial charge in [-0.1, -0.05) is 0 Å². The van der Waals surface area contributed by atoms with E-state index in [9.17, 15) is 4.79 Å². The summed E-state index contributed by atoms with van der Waals surface area (Å²) in [6.07, 6.45) is 7.46. The number of hydrogen-bond donors (Lipinski definition) is 1. The van der Waals surface area contributed by atoms with Crippen LogP contribution in [0.2, 0.25) is 0 Å². The van der Waals surface area contributed by atoms with Gasteiger partial charge < -0.3 is 24.6 Å². The Morgan fingerprint density at radius 2 is 2.11 bits per heavy atom. The van der Waals surface area contributed by atoms with Crippen molar-refractivity contribution in [2.24, 2.45) is 5.92 Å². The van der Waals surface area contributed by atoms with E-state index in [0.717, 1.165) is 37.6 Å². The Morgan fingerprint density at radius 1 is 1.30 bits per heavy atom. The van der Waals surface area contributed by atoms with E-state index in [4.69, 9.17) is 9.47 Å². The van der Waals surface area contributed by atoms with Gasteiger partial charge in [0, 0.05) is 39.4 Å². The van der Waals surface area contributed by atoms with Crippen LogP contribution in [0.4, 0.5) is 10.6 Å². The predicted octanol–water partition coefficient (Wildman–Crippen LogP) is 2.27. The molecule has 3 heterocycles. The Kier molecular flexibility index (Phi) is 5.66. The second kappa shape index (κ2) is 8.33. The lowest BCUT2D eigenvalue weighted by atomic mass is 10.2. The molecule has 2 amide bonds. The Bertz CT molecular complexity index is 646. The summed E-state index contributed by atoms with van der Waals surface area (Å²) >= 11 is 0. The molecule has 7 nitrogen and oxygen atoms in total. The van der Waals surface area contributed by atoms with Crippen LogP contribution < -0.4 is 15.0 Å². The molecule has 2 atom stereocenters. The van der Waals surface area contributed by atoms with Gasteiger partial charge in [0.2, 0.25) is 0 Å². The van der Waals surface area contributed by atoms with Gasteiger partial charge in [-0.05, 0) is 43.7 Å². The van der Waals surface area contributed by atoms with Gasteiger partial charge in [-0.3, -0.25) is 0 Å². The minimum absolute atomic E-state index is 0.000929. The molecular formula is C20H30N4O3. The van der Waals surface area contributed by atoms with Crippen LogP contribution in [0.1, 0.15) is 32.1 Å². The number of carbonyl (C=O) groups excluding carboxylic acids is 1. The average molecular weight is 374 g/mol. The van der Waals surface area contributed by atoms with Gasteiger partial charge in [0.15, 0.2) is 11.6 Å². The van der Waals surface area contributed by atoms with Crippen LogP contribution >= 0.6 is 0 Å². The van der Waals surface area contributed by atoms with Crippen LogP contribution in [0.15, 0.2) is 18.3 Å². The molecule has 4 rings (SSSR count). The van der Waals surface area contributed by atoms with E-state index in [1.54, 1.807) is 7.11 Å². The maximum absolute atomic E-state index is 12.6. The lowest BCUT2D eigenvalue weighted by Gasteiger charge is -2.24. The summed E-state index contributed by atoms with van der Waals surface area (Å²) < 4.78 is 11.5. The quantitative estimate of drug-likeness (QED) is 0.793. The highest BCUT2D eigenvalue weighted by Crippen LogP contribution is 2.33. The number of nitrogens with zero attached hydrogens (tertiary/aromatic N) is 3. The van der Waals surface area contributed by atoms with E-state index < -0.39 is 0 Å². The maximum atomic E-state index is 12.6. The molecule has 2 aliphatic heterocycles. The molecule has 3 fully saturated rings. The highest BCUT2D eigenvalue weighted by molar-refractivity contribution is 5.75. The van der Waals surface area contributed by atoms with E-state index in [0.29, 0.717) is 19.1 Å². The number of hydrogen-bond acceptors (Lipinski definition) is 5. The van der Waals surface area contributed by atoms with Crippen molar-refractivity contribution in [3.8, 4) is 5.75 Å². The molecule has 0 spiro atoms. The molecule has 1 aromatic rings. The van der Waals surface area contributed by atoms with E-state index in [2.05, 4.69) is 15.2 Å². The first-order chi connectivity index (χ1) is 13.2. The van der Waals surface area contributed by atoms with Crippen molar-refractivity contribution in [3.05, 3.63) is 18.3 Å². The fourth-order valence-electron chi connectivity index (χ4n) is 4.05. The molecule has 1 N–H and O–H groups in total. The highest BCUT2D eigenvalue weighted by Gasteiger charge is 2.35. The van der Waals surface area contributed by atoms with Crippen LogP contribution in [0, 0.1) is 5.92 Å². The third kappa shape index (κ3) is 4.46. The number of urea groups is 1. The number of rotatable bonds is 7. The summed E-state index contributed by atoms with van der Waals surface area (Å²) in [7, 11) is 1.69. The Labute approximate surface area is 161 Å². The second-order valence-corrected chi connectivity index (χ2v) is 7.84. The molecule has 2 saturated heterocycles. The van der Waals surface area contributed by atoms with Crippen LogP contribution in [-0.4, -0.2) is 68.0 Å². The van der Waals surface area contributed by atoms with Crippen molar-refractivity contribution >= 4 is 11.8 Å². The summed E-state index contributed by atoms with van der Waals surface area (Å²) in [5, 5.41) is 3.15. The molecule has 0 radical (unpaired) electrons. The Balaban J connectivity index is 1.33. The standard InChI is InChI=1S/C20H30N4O3/c1-26-14-17(15-6-7-15)22-20(25)24-12-8-16(13-24)27-18-5-4-9-21-19(18)23-10-2-3-11-23/h4-5,9,15-17H,2-3,6-8,10-14H2,1H3,(H,22,25)/t16-,17+/m1/s1. The Hall–Kier alpha value is -2.02. The molecule has 0 unspecified atom stereocenters. The maximum Gasteiger partial charge on any atom is 0.317 e. The van der Waals surface area contributed by atoms with Crippen LogP contribution in [0.5, 0.6) is 5.75 Å². The second-order valence-electron chi connectivity index (χ2n) is 7.84. The van der Waals surface area contributed by atoms with Gasteiger partial charge in [-0.15, -0.1) is 0 Å². The van der Waals surface area contributed by atoms with Crippen molar-refractivity contribution in [2.75, 3.05) is 44.8 Å². The number of methoxy groups -OCH3 is 1. The largest absolute Gasteiger partial charge is 0.485 e. The molecule has 1 aromatic heterocycles. The lowest BCUT2D eigenvalue weighted by molar-refractivity contribution is 0.147. The summed E-state index contributed by atoms with van der Waals surface area (Å²) in [6.45, 7) is 3.99. The van der Waals surface area contributed by atoms with Crippen molar-refractivity contribution in [1.82, 2.24) is 15.2 Å². The Morgan fingerprint density at radius 3 is 2.85 bits per heavy atom. The minimum Gasteiger partial charge on any atom is -0.485 e. The van der Waals surface area contributed by atoms with Crippen molar-refractivity contribution < 1.29 is 14.3 Å². The molecule has 148 valence electrons. The van der Waals surface area contributed by atoms with E-state index in [-0.39, 0.29) is 18.2 Å². The normalized spacial score (nSPS) is 23.5. The number of aromatic nitrogens is 1. The molecule has 0 aromatic carbocycles. The first-order valence-electron chi connectivity index (χ1n) is 10.2. The molecule has 27 heavy (non-hydrogen) atoms. The number of pyridine rings is 1. The van der Waals surface area contributed by atoms with Crippen molar-refractivity contribution in [2.45, 2.75) is 44.2 Å². The first-order valence-corrected chi connectivity index (χ1v) is 10.2. The third-order valence-electron chi connectivity index (χ3n) is 5.73. The average Bonchev–Trinajstić information content (AvgIpc) is 3.17. The summed E-state index contributed by atoms with van der Waals surface area (Å²) in [5.41, 5.74) is 0. The first kappa shape index (κ1) is 18.3. The van der Waals surface area contributed by atoms with Crippen LogP contribution in [0.25, 0.3) is 0 Å².